The van der Waals surface area contributed by atoms with Crippen LogP contribution in [0.15, 0.2) is 36.5 Å². The molecule has 0 aliphatic carbocycles. The summed E-state index contributed by atoms with van der Waals surface area (Å²) in [7, 11) is 0. The molecule has 3 heteroatoms. The van der Waals surface area contributed by atoms with E-state index in [-0.39, 0.29) is 0 Å². The zero-order valence-electron chi connectivity index (χ0n) is 12.0. The number of nitrogens with one attached hydrogen (secondary N) is 2. The molecule has 19 heavy (non-hydrogen) atoms. The lowest BCUT2D eigenvalue weighted by Crippen LogP contribution is -2.38. The smallest absolute Gasteiger partial charge is 0.0705 e. The third-order valence-electron chi connectivity index (χ3n) is 3.21. The summed E-state index contributed by atoms with van der Waals surface area (Å²) in [6, 6.07) is 11.4. The van der Waals surface area contributed by atoms with Crippen molar-refractivity contribution in [1.29, 1.82) is 0 Å². The van der Waals surface area contributed by atoms with E-state index in [0.717, 1.165) is 18.6 Å². The van der Waals surface area contributed by atoms with Crippen molar-refractivity contribution < 1.29 is 0 Å². The Bertz CT molecular complexity index is 517. The van der Waals surface area contributed by atoms with Gasteiger partial charge in [0, 0.05) is 36.8 Å². The van der Waals surface area contributed by atoms with Crippen molar-refractivity contribution >= 4 is 10.9 Å². The highest BCUT2D eigenvalue weighted by atomic mass is 15.0. The molecule has 1 atom stereocenters. The lowest BCUT2D eigenvalue weighted by molar-refractivity contribution is 0.474. The molecule has 0 aliphatic rings. The van der Waals surface area contributed by atoms with Crippen molar-refractivity contribution in [3.8, 4) is 0 Å². The number of benzene rings is 1. The predicted molar refractivity (Wildman–Crippen MR) is 81.2 cm³/mol. The zero-order chi connectivity index (χ0) is 13.7. The number of aromatic nitrogens is 1. The number of hydrogen-bond donors (Lipinski definition) is 2. The average Bonchev–Trinajstić information content (AvgIpc) is 2.42. The van der Waals surface area contributed by atoms with Crippen LogP contribution in [0.3, 0.4) is 0 Å². The number of hydrogen-bond acceptors (Lipinski definition) is 3. The minimum Gasteiger partial charge on any atom is -0.313 e. The van der Waals surface area contributed by atoms with E-state index >= 15 is 0 Å². The maximum atomic E-state index is 4.39. The molecule has 2 aromatic rings. The summed E-state index contributed by atoms with van der Waals surface area (Å²) in [5, 5.41) is 8.24. The Hall–Kier alpha value is -1.45. The van der Waals surface area contributed by atoms with Gasteiger partial charge in [0.1, 0.15) is 0 Å². The van der Waals surface area contributed by atoms with Crippen molar-refractivity contribution in [1.82, 2.24) is 15.6 Å². The molecule has 0 radical (unpaired) electrons. The summed E-state index contributed by atoms with van der Waals surface area (Å²) >= 11 is 0. The van der Waals surface area contributed by atoms with E-state index in [0.29, 0.717) is 12.1 Å². The Morgan fingerprint density at radius 2 is 1.89 bits per heavy atom. The van der Waals surface area contributed by atoms with Gasteiger partial charge in [0.25, 0.3) is 0 Å². The minimum atomic E-state index is 0.453. The van der Waals surface area contributed by atoms with Crippen LogP contribution in [0.25, 0.3) is 10.9 Å². The third-order valence-corrected chi connectivity index (χ3v) is 3.21. The summed E-state index contributed by atoms with van der Waals surface area (Å²) in [5.74, 6) is 0. The first-order chi connectivity index (χ1) is 9.16. The fourth-order valence-corrected chi connectivity index (χ4v) is 2.09. The van der Waals surface area contributed by atoms with Crippen molar-refractivity contribution in [2.75, 3.05) is 6.54 Å². The second-order valence-corrected chi connectivity index (χ2v) is 5.33. The average molecular weight is 257 g/mol. The number of fused-ring (bicyclic) bond motifs is 1. The van der Waals surface area contributed by atoms with Crippen LogP contribution < -0.4 is 10.6 Å². The Morgan fingerprint density at radius 3 is 2.68 bits per heavy atom. The maximum absolute atomic E-state index is 4.39. The first kappa shape index (κ1) is 14.0. The molecule has 0 fully saturated rings. The highest BCUT2D eigenvalue weighted by Crippen LogP contribution is 2.16. The molecule has 0 spiro atoms. The molecule has 0 saturated heterocycles. The molecular weight excluding hydrogens is 234 g/mol. The molecule has 1 aromatic heterocycles. The van der Waals surface area contributed by atoms with Gasteiger partial charge in [-0.1, -0.05) is 32.0 Å². The highest BCUT2D eigenvalue weighted by Gasteiger charge is 2.05. The fraction of sp³-hybridized carbons (Fsp3) is 0.438. The largest absolute Gasteiger partial charge is 0.313 e. The first-order valence-corrected chi connectivity index (χ1v) is 6.96. The Labute approximate surface area is 115 Å². The van der Waals surface area contributed by atoms with Crippen molar-refractivity contribution in [2.24, 2.45) is 0 Å². The lowest BCUT2D eigenvalue weighted by atomic mass is 10.1. The topological polar surface area (TPSA) is 37.0 Å². The number of rotatable bonds is 6. The van der Waals surface area contributed by atoms with Crippen LogP contribution in [0.4, 0.5) is 0 Å². The number of pyridine rings is 1. The Morgan fingerprint density at radius 1 is 1.05 bits per heavy atom. The molecule has 1 unspecified atom stereocenters. The van der Waals surface area contributed by atoms with Gasteiger partial charge in [0.05, 0.1) is 5.52 Å². The number of nitrogens with zero attached hydrogens (tertiary/aromatic N) is 1. The van der Waals surface area contributed by atoms with Gasteiger partial charge >= 0.3 is 0 Å². The quantitative estimate of drug-likeness (QED) is 0.835. The summed E-state index contributed by atoms with van der Waals surface area (Å²) in [4.78, 5) is 4.39. The molecule has 1 heterocycles. The van der Waals surface area contributed by atoms with Crippen LogP contribution >= 0.6 is 0 Å². The lowest BCUT2D eigenvalue weighted by Gasteiger charge is -2.17. The maximum Gasteiger partial charge on any atom is 0.0705 e. The van der Waals surface area contributed by atoms with Crippen LogP contribution in [0.2, 0.25) is 0 Å². The molecule has 0 aliphatic heterocycles. The summed E-state index contributed by atoms with van der Waals surface area (Å²) in [6.07, 6.45) is 1.84. The molecule has 0 bridgehead atoms. The van der Waals surface area contributed by atoms with Gasteiger partial charge in [-0.25, -0.2) is 0 Å². The standard InChI is InChI=1S/C16H23N3/c1-12(2)18-10-13(3)19-11-14-6-4-8-16-15(14)7-5-9-17-16/h4-9,12-13,18-19H,10-11H2,1-3H3. The normalized spacial score (nSPS) is 13.1. The van der Waals surface area contributed by atoms with Crippen molar-refractivity contribution in [3.05, 3.63) is 42.1 Å². The van der Waals surface area contributed by atoms with E-state index < -0.39 is 0 Å². The van der Waals surface area contributed by atoms with Gasteiger partial charge in [-0.05, 0) is 24.6 Å². The van der Waals surface area contributed by atoms with Gasteiger partial charge in [-0.2, -0.15) is 0 Å². The molecule has 1 aromatic carbocycles. The second kappa shape index (κ2) is 6.64. The third kappa shape index (κ3) is 4.01. The van der Waals surface area contributed by atoms with E-state index in [1.807, 2.05) is 12.3 Å². The van der Waals surface area contributed by atoms with E-state index in [2.05, 4.69) is 60.7 Å². The minimum absolute atomic E-state index is 0.453. The van der Waals surface area contributed by atoms with Gasteiger partial charge in [0.2, 0.25) is 0 Å². The molecule has 2 N–H and O–H groups in total. The summed E-state index contributed by atoms with van der Waals surface area (Å²) in [6.45, 7) is 8.41. The van der Waals surface area contributed by atoms with Gasteiger partial charge in [0.15, 0.2) is 0 Å². The fourth-order valence-electron chi connectivity index (χ4n) is 2.09. The highest BCUT2D eigenvalue weighted by molar-refractivity contribution is 5.81. The van der Waals surface area contributed by atoms with Crippen LogP contribution in [-0.4, -0.2) is 23.6 Å². The summed E-state index contributed by atoms with van der Waals surface area (Å²) < 4.78 is 0. The summed E-state index contributed by atoms with van der Waals surface area (Å²) in [5.41, 5.74) is 2.37. The van der Waals surface area contributed by atoms with Crippen molar-refractivity contribution in [3.63, 3.8) is 0 Å². The van der Waals surface area contributed by atoms with Crippen LogP contribution in [0.5, 0.6) is 0 Å². The monoisotopic (exact) mass is 257 g/mol. The van der Waals surface area contributed by atoms with E-state index in [1.54, 1.807) is 0 Å². The molecular formula is C16H23N3. The van der Waals surface area contributed by atoms with Gasteiger partial charge in [-0.3, -0.25) is 4.98 Å². The molecule has 0 amide bonds. The van der Waals surface area contributed by atoms with Crippen LogP contribution in [0.1, 0.15) is 26.3 Å². The Balaban J connectivity index is 1.98. The van der Waals surface area contributed by atoms with E-state index in [4.69, 9.17) is 0 Å². The molecule has 102 valence electrons. The van der Waals surface area contributed by atoms with Crippen LogP contribution in [0, 0.1) is 0 Å². The van der Waals surface area contributed by atoms with Gasteiger partial charge < -0.3 is 10.6 Å². The second-order valence-electron chi connectivity index (χ2n) is 5.33. The molecule has 0 saturated carbocycles. The van der Waals surface area contributed by atoms with Crippen LogP contribution in [-0.2, 0) is 6.54 Å². The van der Waals surface area contributed by atoms with E-state index in [1.165, 1.54) is 10.9 Å². The molecule has 2 rings (SSSR count). The van der Waals surface area contributed by atoms with E-state index in [9.17, 15) is 0 Å². The molecule has 3 nitrogen and oxygen atoms in total. The first-order valence-electron chi connectivity index (χ1n) is 6.96. The SMILES string of the molecule is CC(C)NCC(C)NCc1cccc2ncccc12. The Kier molecular flexibility index (Phi) is 4.88. The zero-order valence-corrected chi connectivity index (χ0v) is 12.0. The van der Waals surface area contributed by atoms with Gasteiger partial charge in [-0.15, -0.1) is 0 Å². The van der Waals surface area contributed by atoms with Crippen molar-refractivity contribution in [2.45, 2.75) is 39.4 Å². The predicted octanol–water partition coefficient (Wildman–Crippen LogP) is 2.71.